The molecule has 2 aliphatic heterocycles. The minimum absolute atomic E-state index is 0.00409. The first kappa shape index (κ1) is 20.1. The van der Waals surface area contributed by atoms with Crippen LogP contribution >= 0.6 is 0 Å². The lowest BCUT2D eigenvalue weighted by molar-refractivity contribution is 0.0541. The largest absolute Gasteiger partial charge is 0.394 e. The molecule has 0 aromatic carbocycles. The molecule has 0 radical (unpaired) electrons. The number of rotatable bonds is 6. The zero-order valence-electron chi connectivity index (χ0n) is 16.7. The molecule has 2 aliphatic rings. The maximum atomic E-state index is 12.8. The van der Waals surface area contributed by atoms with E-state index in [-0.39, 0.29) is 18.6 Å². The van der Waals surface area contributed by atoms with Gasteiger partial charge >= 0.3 is 0 Å². The number of amides is 1. The fourth-order valence-electron chi connectivity index (χ4n) is 4.27. The van der Waals surface area contributed by atoms with Crippen molar-refractivity contribution in [2.75, 3.05) is 38.1 Å². The summed E-state index contributed by atoms with van der Waals surface area (Å²) in [5.41, 5.74) is 0.641. The minimum atomic E-state index is -0.00409. The summed E-state index contributed by atoms with van der Waals surface area (Å²) in [6, 6.07) is 4.29. The van der Waals surface area contributed by atoms with Crippen LogP contribution in [-0.4, -0.2) is 70.7 Å². The highest BCUT2D eigenvalue weighted by molar-refractivity contribution is 5.94. The lowest BCUT2D eigenvalue weighted by Gasteiger charge is -2.41. The molecule has 2 atom stereocenters. The summed E-state index contributed by atoms with van der Waals surface area (Å²) in [6.07, 6.45) is 7.27. The average Bonchev–Trinajstić information content (AvgIpc) is 2.72. The first-order chi connectivity index (χ1) is 13.1. The fourth-order valence-corrected chi connectivity index (χ4v) is 4.27. The summed E-state index contributed by atoms with van der Waals surface area (Å²) in [6.45, 7) is 8.52. The van der Waals surface area contributed by atoms with Crippen LogP contribution < -0.4 is 5.32 Å². The SMILES string of the molecule is CCC(CO)Nc1ccc(C(=O)N2CCC(N3CCCC(C)C3)CC2)cn1. The molecule has 2 N–H and O–H groups in total. The second kappa shape index (κ2) is 9.51. The van der Waals surface area contributed by atoms with Crippen molar-refractivity contribution < 1.29 is 9.90 Å². The molecular formula is C21H34N4O2. The molecule has 0 aliphatic carbocycles. The molecule has 0 saturated carbocycles. The van der Waals surface area contributed by atoms with Gasteiger partial charge in [-0.05, 0) is 56.7 Å². The highest BCUT2D eigenvalue weighted by Crippen LogP contribution is 2.24. The number of nitrogens with one attached hydrogen (secondary N) is 1. The van der Waals surface area contributed by atoms with E-state index >= 15 is 0 Å². The topological polar surface area (TPSA) is 68.7 Å². The summed E-state index contributed by atoms with van der Waals surface area (Å²) in [5.74, 6) is 1.58. The van der Waals surface area contributed by atoms with Gasteiger partial charge in [0, 0.05) is 31.9 Å². The lowest BCUT2D eigenvalue weighted by atomic mass is 9.95. The van der Waals surface area contributed by atoms with Crippen molar-refractivity contribution in [2.45, 2.75) is 58.0 Å². The van der Waals surface area contributed by atoms with E-state index in [0.717, 1.165) is 38.3 Å². The van der Waals surface area contributed by atoms with Crippen LogP contribution in [0.3, 0.4) is 0 Å². The van der Waals surface area contributed by atoms with Gasteiger partial charge in [-0.25, -0.2) is 4.98 Å². The van der Waals surface area contributed by atoms with E-state index in [2.05, 4.69) is 22.1 Å². The monoisotopic (exact) mass is 374 g/mol. The molecule has 1 aromatic heterocycles. The number of aliphatic hydroxyl groups excluding tert-OH is 1. The van der Waals surface area contributed by atoms with Crippen molar-refractivity contribution in [3.63, 3.8) is 0 Å². The Morgan fingerprint density at radius 3 is 2.67 bits per heavy atom. The number of aliphatic hydroxyl groups is 1. The van der Waals surface area contributed by atoms with Crippen molar-refractivity contribution in [1.82, 2.24) is 14.8 Å². The highest BCUT2D eigenvalue weighted by atomic mass is 16.3. The van der Waals surface area contributed by atoms with Gasteiger partial charge in [0.2, 0.25) is 0 Å². The fraction of sp³-hybridized carbons (Fsp3) is 0.714. The van der Waals surface area contributed by atoms with Crippen molar-refractivity contribution in [2.24, 2.45) is 5.92 Å². The molecule has 3 heterocycles. The van der Waals surface area contributed by atoms with Crippen molar-refractivity contribution in [3.8, 4) is 0 Å². The average molecular weight is 375 g/mol. The number of aromatic nitrogens is 1. The van der Waals surface area contributed by atoms with Gasteiger partial charge in [-0.3, -0.25) is 9.69 Å². The second-order valence-corrected chi connectivity index (χ2v) is 8.13. The van der Waals surface area contributed by atoms with Crippen LogP contribution in [0, 0.1) is 5.92 Å². The first-order valence-electron chi connectivity index (χ1n) is 10.5. The van der Waals surface area contributed by atoms with Gasteiger partial charge in [0.25, 0.3) is 5.91 Å². The van der Waals surface area contributed by atoms with Crippen LogP contribution in [0.15, 0.2) is 18.3 Å². The van der Waals surface area contributed by atoms with E-state index in [1.165, 1.54) is 25.9 Å². The van der Waals surface area contributed by atoms with Crippen LogP contribution in [0.2, 0.25) is 0 Å². The predicted molar refractivity (Wildman–Crippen MR) is 108 cm³/mol. The molecule has 2 fully saturated rings. The molecule has 2 unspecified atom stereocenters. The molecule has 0 bridgehead atoms. The van der Waals surface area contributed by atoms with E-state index in [0.29, 0.717) is 17.4 Å². The Morgan fingerprint density at radius 1 is 1.30 bits per heavy atom. The predicted octanol–water partition coefficient (Wildman–Crippen LogP) is 2.60. The van der Waals surface area contributed by atoms with Gasteiger partial charge in [-0.15, -0.1) is 0 Å². The number of piperidine rings is 2. The molecule has 150 valence electrons. The molecular weight excluding hydrogens is 340 g/mol. The zero-order chi connectivity index (χ0) is 19.2. The van der Waals surface area contributed by atoms with E-state index in [1.54, 1.807) is 6.20 Å². The number of carbonyl (C=O) groups is 1. The number of hydrogen-bond donors (Lipinski definition) is 2. The number of anilines is 1. The Kier molecular flexibility index (Phi) is 7.07. The number of hydrogen-bond acceptors (Lipinski definition) is 5. The normalized spacial score (nSPS) is 23.2. The van der Waals surface area contributed by atoms with Gasteiger partial charge in [0.15, 0.2) is 0 Å². The van der Waals surface area contributed by atoms with Gasteiger partial charge in [0.05, 0.1) is 18.2 Å². The first-order valence-corrected chi connectivity index (χ1v) is 10.5. The summed E-state index contributed by atoms with van der Waals surface area (Å²) >= 11 is 0. The third kappa shape index (κ3) is 5.20. The van der Waals surface area contributed by atoms with E-state index < -0.39 is 0 Å². The quantitative estimate of drug-likeness (QED) is 0.801. The zero-order valence-corrected chi connectivity index (χ0v) is 16.7. The summed E-state index contributed by atoms with van der Waals surface area (Å²) in [7, 11) is 0. The third-order valence-electron chi connectivity index (χ3n) is 6.03. The maximum absolute atomic E-state index is 12.8. The lowest BCUT2D eigenvalue weighted by Crippen LogP contribution is -2.49. The van der Waals surface area contributed by atoms with Gasteiger partial charge in [-0.2, -0.15) is 0 Å². The number of likely N-dealkylation sites (tertiary alicyclic amines) is 2. The molecule has 1 amide bonds. The summed E-state index contributed by atoms with van der Waals surface area (Å²) in [5, 5.41) is 12.5. The summed E-state index contributed by atoms with van der Waals surface area (Å²) in [4.78, 5) is 21.8. The summed E-state index contributed by atoms with van der Waals surface area (Å²) < 4.78 is 0. The van der Waals surface area contributed by atoms with Crippen LogP contribution in [0.1, 0.15) is 56.3 Å². The minimum Gasteiger partial charge on any atom is -0.394 e. The molecule has 1 aromatic rings. The number of pyridine rings is 1. The van der Waals surface area contributed by atoms with Gasteiger partial charge in [0.1, 0.15) is 5.82 Å². The van der Waals surface area contributed by atoms with E-state index in [1.807, 2.05) is 24.0 Å². The number of nitrogens with zero attached hydrogens (tertiary/aromatic N) is 3. The van der Waals surface area contributed by atoms with Crippen LogP contribution in [0.25, 0.3) is 0 Å². The smallest absolute Gasteiger partial charge is 0.255 e. The molecule has 0 spiro atoms. The standard InChI is InChI=1S/C21H34N4O2/c1-3-18(15-26)23-20-7-6-17(13-22-20)21(27)24-11-8-19(9-12-24)25-10-4-5-16(2)14-25/h6-7,13,16,18-19,26H,3-5,8-12,14-15H2,1-2H3,(H,22,23). The molecule has 27 heavy (non-hydrogen) atoms. The third-order valence-corrected chi connectivity index (χ3v) is 6.03. The van der Waals surface area contributed by atoms with Gasteiger partial charge in [-0.1, -0.05) is 13.8 Å². The van der Waals surface area contributed by atoms with Crippen molar-refractivity contribution in [1.29, 1.82) is 0 Å². The van der Waals surface area contributed by atoms with E-state index in [4.69, 9.17) is 0 Å². The second-order valence-electron chi connectivity index (χ2n) is 8.13. The maximum Gasteiger partial charge on any atom is 0.255 e. The van der Waals surface area contributed by atoms with Crippen LogP contribution in [0.4, 0.5) is 5.82 Å². The Balaban J connectivity index is 1.51. The molecule has 2 saturated heterocycles. The van der Waals surface area contributed by atoms with Crippen LogP contribution in [-0.2, 0) is 0 Å². The highest BCUT2D eigenvalue weighted by Gasteiger charge is 2.29. The Bertz CT molecular complexity index is 595. The van der Waals surface area contributed by atoms with Crippen LogP contribution in [0.5, 0.6) is 0 Å². The molecule has 6 nitrogen and oxygen atoms in total. The Hall–Kier alpha value is -1.66. The van der Waals surface area contributed by atoms with Crippen molar-refractivity contribution >= 4 is 11.7 Å². The number of carbonyl (C=O) groups excluding carboxylic acids is 1. The van der Waals surface area contributed by atoms with Gasteiger partial charge < -0.3 is 15.3 Å². The van der Waals surface area contributed by atoms with Crippen molar-refractivity contribution in [3.05, 3.63) is 23.9 Å². The molecule has 3 rings (SSSR count). The van der Waals surface area contributed by atoms with E-state index in [9.17, 15) is 9.90 Å². The Morgan fingerprint density at radius 2 is 2.07 bits per heavy atom. The Labute approximate surface area is 163 Å². The molecule has 6 heteroatoms.